The van der Waals surface area contributed by atoms with Crippen LogP contribution in [-0.4, -0.2) is 14.2 Å². The maximum Gasteiger partial charge on any atom is 0.174 e. The third kappa shape index (κ3) is 2.58. The zero-order valence-electron chi connectivity index (χ0n) is 4.50. The van der Waals surface area contributed by atoms with Crippen LogP contribution in [-0.2, 0) is 9.84 Å². The minimum atomic E-state index is -3.02. The zero-order valence-corrected chi connectivity index (χ0v) is 5.32. The lowest BCUT2D eigenvalue weighted by Crippen LogP contribution is -1.96. The molecule has 0 heterocycles. The van der Waals surface area contributed by atoms with Gasteiger partial charge in [-0.15, -0.1) is 6.58 Å². The summed E-state index contributed by atoms with van der Waals surface area (Å²) in [7, 11) is -3.02. The van der Waals surface area contributed by atoms with Crippen molar-refractivity contribution >= 4 is 9.84 Å². The molecule has 0 aliphatic carbocycles. The topological polar surface area (TPSA) is 34.1 Å². The van der Waals surface area contributed by atoms with E-state index in [4.69, 9.17) is 0 Å². The van der Waals surface area contributed by atoms with Crippen LogP contribution >= 0.6 is 0 Å². The summed E-state index contributed by atoms with van der Waals surface area (Å²) in [6.07, 6.45) is 1.33. The molecule has 0 fully saturated rings. The van der Waals surface area contributed by atoms with E-state index in [-0.39, 0.29) is 5.75 Å². The summed E-state index contributed by atoms with van der Waals surface area (Å²) in [5.74, 6) is -0.0174. The number of hydrogen-bond donors (Lipinski definition) is 0. The minimum absolute atomic E-state index is 0.0174. The third-order valence-corrected chi connectivity index (χ3v) is 1.81. The van der Waals surface area contributed by atoms with Crippen LogP contribution < -0.4 is 0 Å². The molecule has 0 amide bonds. The molecule has 3 heteroatoms. The molecule has 0 radical (unpaired) electrons. The molecule has 0 aromatic carbocycles. The van der Waals surface area contributed by atoms with Gasteiger partial charge in [-0.25, -0.2) is 8.42 Å². The predicted molar refractivity (Wildman–Crippen MR) is 34.2 cm³/mol. The van der Waals surface area contributed by atoms with Crippen LogP contribution in [0.2, 0.25) is 0 Å². The zero-order chi connectivity index (χ0) is 6.62. The van der Waals surface area contributed by atoms with Gasteiger partial charge < -0.3 is 0 Å². The van der Waals surface area contributed by atoms with Gasteiger partial charge in [-0.05, 0) is 0 Å². The Bertz CT molecular complexity index is 177. The fourth-order valence-electron chi connectivity index (χ4n) is 0.232. The Labute approximate surface area is 49.4 Å². The largest absolute Gasteiger partial charge is 0.224 e. The molecule has 0 aromatic rings. The molecule has 0 aliphatic heterocycles. The highest BCUT2D eigenvalue weighted by Gasteiger charge is 1.97. The molecular weight excluding hydrogens is 124 g/mol. The lowest BCUT2D eigenvalue weighted by molar-refractivity contribution is 0.607. The Balaban J connectivity index is 4.15. The summed E-state index contributed by atoms with van der Waals surface area (Å²) >= 11 is 0. The molecule has 0 saturated carbocycles. The van der Waals surface area contributed by atoms with Gasteiger partial charge in [0, 0.05) is 5.41 Å². The smallest absolute Gasteiger partial charge is 0.174 e. The van der Waals surface area contributed by atoms with E-state index in [0.29, 0.717) is 0 Å². The second-order valence-corrected chi connectivity index (χ2v) is 3.28. The Kier molecular flexibility index (Phi) is 2.48. The highest BCUT2D eigenvalue weighted by Crippen LogP contribution is 1.88. The molecule has 46 valence electrons. The van der Waals surface area contributed by atoms with Gasteiger partial charge in [0.2, 0.25) is 0 Å². The van der Waals surface area contributed by atoms with Crippen molar-refractivity contribution in [1.82, 2.24) is 0 Å². The van der Waals surface area contributed by atoms with E-state index < -0.39 is 9.84 Å². The van der Waals surface area contributed by atoms with E-state index in [9.17, 15) is 8.42 Å². The second kappa shape index (κ2) is 2.67. The van der Waals surface area contributed by atoms with Gasteiger partial charge >= 0.3 is 0 Å². The number of rotatable bonds is 3. The maximum atomic E-state index is 10.4. The molecule has 2 nitrogen and oxygen atoms in total. The Morgan fingerprint density at radius 2 is 1.88 bits per heavy atom. The van der Waals surface area contributed by atoms with Crippen LogP contribution in [0.5, 0.6) is 0 Å². The Hall–Kier alpha value is -0.570. The summed E-state index contributed by atoms with van der Waals surface area (Å²) in [6.45, 7) is 6.38. The normalized spacial score (nSPS) is 10.5. The Morgan fingerprint density at radius 3 is 2.00 bits per heavy atom. The van der Waals surface area contributed by atoms with E-state index in [1.165, 1.54) is 6.08 Å². The van der Waals surface area contributed by atoms with Gasteiger partial charge in [0.15, 0.2) is 9.84 Å². The first kappa shape index (κ1) is 7.43. The van der Waals surface area contributed by atoms with Gasteiger partial charge in [0.05, 0.1) is 5.75 Å². The first-order chi connectivity index (χ1) is 3.62. The molecule has 0 spiro atoms. The predicted octanol–water partition coefficient (Wildman–Crippen LogP) is 0.731. The van der Waals surface area contributed by atoms with E-state index in [2.05, 4.69) is 13.2 Å². The Morgan fingerprint density at radius 1 is 1.38 bits per heavy atom. The highest BCUT2D eigenvalue weighted by atomic mass is 32.2. The molecule has 0 N–H and O–H groups in total. The van der Waals surface area contributed by atoms with Gasteiger partial charge in [-0.3, -0.25) is 0 Å². The van der Waals surface area contributed by atoms with Crippen molar-refractivity contribution in [2.75, 3.05) is 5.75 Å². The van der Waals surface area contributed by atoms with Crippen molar-refractivity contribution in [1.29, 1.82) is 0 Å². The van der Waals surface area contributed by atoms with Crippen LogP contribution in [0.4, 0.5) is 0 Å². The lowest BCUT2D eigenvalue weighted by Gasteiger charge is -1.86. The fraction of sp³-hybridized carbons (Fsp3) is 0.200. The lowest BCUT2D eigenvalue weighted by atomic mass is 10.8. The highest BCUT2D eigenvalue weighted by molar-refractivity contribution is 7.94. The molecule has 0 bridgehead atoms. The summed E-state index contributed by atoms with van der Waals surface area (Å²) in [4.78, 5) is 0. The minimum Gasteiger partial charge on any atom is -0.224 e. The molecule has 0 rings (SSSR count). The molecule has 8 heavy (non-hydrogen) atoms. The van der Waals surface area contributed by atoms with Gasteiger partial charge in [0.1, 0.15) is 0 Å². The SMILES string of the molecule is C=CCS(=O)(=O)C=C. The summed E-state index contributed by atoms with van der Waals surface area (Å²) in [5, 5.41) is 0.925. The average Bonchev–Trinajstić information content (AvgIpc) is 1.67. The van der Waals surface area contributed by atoms with Crippen LogP contribution in [0.25, 0.3) is 0 Å². The molecule has 0 unspecified atom stereocenters. The van der Waals surface area contributed by atoms with Gasteiger partial charge in [0.25, 0.3) is 0 Å². The first-order valence-corrected chi connectivity index (χ1v) is 3.80. The molecular formula is C5H8O2S. The van der Waals surface area contributed by atoms with E-state index in [0.717, 1.165) is 5.41 Å². The summed E-state index contributed by atoms with van der Waals surface area (Å²) in [6, 6.07) is 0. The van der Waals surface area contributed by atoms with Crippen LogP contribution in [0, 0.1) is 0 Å². The standard InChI is InChI=1S/C5H8O2S/c1-3-5-8(6,7)4-2/h3-4H,1-2,5H2. The molecule has 0 aromatic heterocycles. The number of sulfone groups is 1. The van der Waals surface area contributed by atoms with Crippen molar-refractivity contribution in [2.24, 2.45) is 0 Å². The number of hydrogen-bond acceptors (Lipinski definition) is 2. The fourth-order valence-corrected chi connectivity index (χ4v) is 0.697. The van der Waals surface area contributed by atoms with Gasteiger partial charge in [-0.2, -0.15) is 0 Å². The van der Waals surface area contributed by atoms with Crippen molar-refractivity contribution < 1.29 is 8.42 Å². The van der Waals surface area contributed by atoms with Crippen LogP contribution in [0.15, 0.2) is 24.6 Å². The van der Waals surface area contributed by atoms with Gasteiger partial charge in [-0.1, -0.05) is 12.7 Å². The summed E-state index contributed by atoms with van der Waals surface area (Å²) in [5.41, 5.74) is 0. The van der Waals surface area contributed by atoms with Crippen LogP contribution in [0.1, 0.15) is 0 Å². The van der Waals surface area contributed by atoms with Crippen molar-refractivity contribution in [2.45, 2.75) is 0 Å². The molecule has 0 saturated heterocycles. The van der Waals surface area contributed by atoms with E-state index >= 15 is 0 Å². The third-order valence-electron chi connectivity index (χ3n) is 0.604. The van der Waals surface area contributed by atoms with Crippen molar-refractivity contribution in [3.63, 3.8) is 0 Å². The molecule has 0 atom stereocenters. The monoisotopic (exact) mass is 132 g/mol. The molecule has 0 aliphatic rings. The van der Waals surface area contributed by atoms with E-state index in [1.54, 1.807) is 0 Å². The maximum absolute atomic E-state index is 10.4. The second-order valence-electron chi connectivity index (χ2n) is 1.28. The summed E-state index contributed by atoms with van der Waals surface area (Å²) < 4.78 is 20.8. The first-order valence-electron chi connectivity index (χ1n) is 2.08. The van der Waals surface area contributed by atoms with Crippen molar-refractivity contribution in [3.8, 4) is 0 Å². The average molecular weight is 132 g/mol. The van der Waals surface area contributed by atoms with E-state index in [1.807, 2.05) is 0 Å². The quantitative estimate of drug-likeness (QED) is 0.530. The van der Waals surface area contributed by atoms with Crippen molar-refractivity contribution in [3.05, 3.63) is 24.6 Å². The van der Waals surface area contributed by atoms with Crippen LogP contribution in [0.3, 0.4) is 0 Å².